The van der Waals surface area contributed by atoms with Crippen molar-refractivity contribution in [1.29, 1.82) is 0 Å². The first-order chi connectivity index (χ1) is 13.7. The normalized spacial score (nSPS) is 17.3. The SMILES string of the molecule is O=C1CC(C(=O)Nc2nc(-c3ccc4c(c3)CCO4)cs2)c2ccccc2N1. The fourth-order valence-electron chi connectivity index (χ4n) is 3.65. The molecule has 1 atom stereocenters. The van der Waals surface area contributed by atoms with Gasteiger partial charge in [-0.05, 0) is 35.4 Å². The van der Waals surface area contributed by atoms with Gasteiger partial charge in [0.2, 0.25) is 11.8 Å². The molecule has 3 aromatic rings. The molecule has 3 heterocycles. The van der Waals surface area contributed by atoms with Crippen LogP contribution in [0.3, 0.4) is 0 Å². The van der Waals surface area contributed by atoms with Gasteiger partial charge in [-0.1, -0.05) is 18.2 Å². The lowest BCUT2D eigenvalue weighted by Gasteiger charge is -2.24. The van der Waals surface area contributed by atoms with Gasteiger partial charge in [0.05, 0.1) is 18.2 Å². The highest BCUT2D eigenvalue weighted by molar-refractivity contribution is 7.14. The van der Waals surface area contributed by atoms with Gasteiger partial charge in [0.25, 0.3) is 0 Å². The maximum Gasteiger partial charge on any atom is 0.234 e. The maximum atomic E-state index is 12.8. The summed E-state index contributed by atoms with van der Waals surface area (Å²) in [6.07, 6.45) is 1.03. The van der Waals surface area contributed by atoms with Crippen LogP contribution >= 0.6 is 11.3 Å². The molecule has 28 heavy (non-hydrogen) atoms. The molecule has 0 spiro atoms. The smallest absolute Gasteiger partial charge is 0.234 e. The van der Waals surface area contributed by atoms with E-state index in [1.807, 2.05) is 41.8 Å². The molecule has 7 heteroatoms. The molecule has 5 rings (SSSR count). The van der Waals surface area contributed by atoms with Gasteiger partial charge >= 0.3 is 0 Å². The van der Waals surface area contributed by atoms with Crippen molar-refractivity contribution >= 4 is 34.0 Å². The number of carbonyl (C=O) groups is 2. The second-order valence-electron chi connectivity index (χ2n) is 6.84. The zero-order chi connectivity index (χ0) is 19.1. The number of para-hydroxylation sites is 1. The van der Waals surface area contributed by atoms with E-state index >= 15 is 0 Å². The lowest BCUT2D eigenvalue weighted by molar-refractivity contribution is -0.123. The van der Waals surface area contributed by atoms with Crippen LogP contribution < -0.4 is 15.4 Å². The monoisotopic (exact) mass is 391 g/mol. The highest BCUT2D eigenvalue weighted by atomic mass is 32.1. The minimum absolute atomic E-state index is 0.131. The summed E-state index contributed by atoms with van der Waals surface area (Å²) in [6.45, 7) is 0.716. The molecule has 2 aliphatic rings. The average Bonchev–Trinajstić information content (AvgIpc) is 3.35. The Balaban J connectivity index is 1.36. The Morgan fingerprint density at radius 1 is 1.25 bits per heavy atom. The van der Waals surface area contributed by atoms with Gasteiger partial charge in [-0.25, -0.2) is 4.98 Å². The van der Waals surface area contributed by atoms with Crippen LogP contribution in [0.5, 0.6) is 5.75 Å². The minimum Gasteiger partial charge on any atom is -0.493 e. The summed E-state index contributed by atoms with van der Waals surface area (Å²) in [4.78, 5) is 29.4. The number of fused-ring (bicyclic) bond motifs is 2. The van der Waals surface area contributed by atoms with Crippen LogP contribution in [0, 0.1) is 0 Å². The molecule has 1 aromatic heterocycles. The second kappa shape index (κ2) is 6.76. The number of ether oxygens (including phenoxy) is 1. The van der Waals surface area contributed by atoms with Crippen LogP contribution in [-0.4, -0.2) is 23.4 Å². The number of nitrogens with one attached hydrogen (secondary N) is 2. The molecule has 2 aliphatic heterocycles. The number of benzene rings is 2. The Kier molecular flexibility index (Phi) is 4.09. The van der Waals surface area contributed by atoms with E-state index in [1.165, 1.54) is 16.9 Å². The van der Waals surface area contributed by atoms with Crippen molar-refractivity contribution in [3.8, 4) is 17.0 Å². The zero-order valence-electron chi connectivity index (χ0n) is 14.9. The summed E-state index contributed by atoms with van der Waals surface area (Å²) in [7, 11) is 0. The molecule has 1 unspecified atom stereocenters. The molecular weight excluding hydrogens is 374 g/mol. The molecule has 140 valence electrons. The Bertz CT molecular complexity index is 1090. The summed E-state index contributed by atoms with van der Waals surface area (Å²) in [5, 5.41) is 8.15. The summed E-state index contributed by atoms with van der Waals surface area (Å²) < 4.78 is 5.54. The first-order valence-corrected chi connectivity index (χ1v) is 9.96. The number of hydrogen-bond acceptors (Lipinski definition) is 5. The Morgan fingerprint density at radius 3 is 3.07 bits per heavy atom. The van der Waals surface area contributed by atoms with Crippen LogP contribution in [0.4, 0.5) is 10.8 Å². The first kappa shape index (κ1) is 16.9. The quantitative estimate of drug-likeness (QED) is 0.711. The minimum atomic E-state index is -0.519. The van der Waals surface area contributed by atoms with Gasteiger partial charge < -0.3 is 15.4 Å². The summed E-state index contributed by atoms with van der Waals surface area (Å²) in [5.74, 6) is 0.0424. The van der Waals surface area contributed by atoms with Gasteiger partial charge in [0, 0.05) is 29.5 Å². The largest absolute Gasteiger partial charge is 0.493 e. The zero-order valence-corrected chi connectivity index (χ0v) is 15.7. The second-order valence-corrected chi connectivity index (χ2v) is 7.70. The molecule has 2 N–H and O–H groups in total. The summed E-state index contributed by atoms with van der Waals surface area (Å²) in [5.41, 5.74) is 4.52. The number of thiazole rings is 1. The van der Waals surface area contributed by atoms with E-state index < -0.39 is 5.92 Å². The third-order valence-electron chi connectivity index (χ3n) is 5.04. The number of anilines is 2. The van der Waals surface area contributed by atoms with Gasteiger partial charge in [-0.3, -0.25) is 9.59 Å². The molecule has 0 radical (unpaired) electrons. The van der Waals surface area contributed by atoms with E-state index in [4.69, 9.17) is 4.74 Å². The first-order valence-electron chi connectivity index (χ1n) is 9.08. The van der Waals surface area contributed by atoms with Crippen LogP contribution in [0.15, 0.2) is 47.8 Å². The molecule has 0 fully saturated rings. The van der Waals surface area contributed by atoms with Gasteiger partial charge in [0.1, 0.15) is 5.75 Å². The molecule has 2 aromatic carbocycles. The third-order valence-corrected chi connectivity index (χ3v) is 5.79. The Morgan fingerprint density at radius 2 is 2.14 bits per heavy atom. The Hall–Kier alpha value is -3.19. The van der Waals surface area contributed by atoms with Crippen molar-refractivity contribution < 1.29 is 14.3 Å². The van der Waals surface area contributed by atoms with Crippen LogP contribution in [0.2, 0.25) is 0 Å². The average molecular weight is 391 g/mol. The molecule has 0 saturated carbocycles. The summed E-state index contributed by atoms with van der Waals surface area (Å²) in [6, 6.07) is 13.4. The molecule has 6 nitrogen and oxygen atoms in total. The number of aromatic nitrogens is 1. The Labute approximate surface area is 165 Å². The van der Waals surface area contributed by atoms with Crippen LogP contribution in [-0.2, 0) is 16.0 Å². The molecule has 0 aliphatic carbocycles. The lowest BCUT2D eigenvalue weighted by Crippen LogP contribution is -2.30. The van der Waals surface area contributed by atoms with Crippen molar-refractivity contribution in [3.63, 3.8) is 0 Å². The van der Waals surface area contributed by atoms with E-state index in [1.54, 1.807) is 0 Å². The topological polar surface area (TPSA) is 80.3 Å². The fourth-order valence-corrected chi connectivity index (χ4v) is 4.37. The third kappa shape index (κ3) is 3.03. The van der Waals surface area contributed by atoms with Crippen molar-refractivity contribution in [2.45, 2.75) is 18.8 Å². The lowest BCUT2D eigenvalue weighted by atomic mass is 9.90. The van der Waals surface area contributed by atoms with E-state index in [9.17, 15) is 9.59 Å². The maximum absolute atomic E-state index is 12.8. The highest BCUT2D eigenvalue weighted by Crippen LogP contribution is 2.34. The molecular formula is C21H17N3O3S. The fraction of sp³-hybridized carbons (Fsp3) is 0.190. The van der Waals surface area contributed by atoms with Crippen LogP contribution in [0.25, 0.3) is 11.3 Å². The highest BCUT2D eigenvalue weighted by Gasteiger charge is 2.30. The number of carbonyl (C=O) groups excluding carboxylic acids is 2. The number of amides is 2. The van der Waals surface area contributed by atoms with E-state index in [0.29, 0.717) is 17.4 Å². The predicted molar refractivity (Wildman–Crippen MR) is 108 cm³/mol. The standard InChI is InChI=1S/C21H17N3O3S/c25-19-10-15(14-3-1-2-4-16(14)22-19)20(26)24-21-23-17(11-28-21)12-5-6-18-13(9-12)7-8-27-18/h1-6,9,11,15H,7-8,10H2,(H,22,25)(H,23,24,26). The van der Waals surface area contributed by atoms with Gasteiger partial charge in [-0.15, -0.1) is 11.3 Å². The molecule has 2 amide bonds. The van der Waals surface area contributed by atoms with E-state index in [-0.39, 0.29) is 18.2 Å². The van der Waals surface area contributed by atoms with Crippen molar-refractivity contribution in [1.82, 2.24) is 4.98 Å². The number of rotatable bonds is 3. The molecule has 0 saturated heterocycles. The number of nitrogens with zero attached hydrogens (tertiary/aromatic N) is 1. The predicted octanol–water partition coefficient (Wildman–Crippen LogP) is 3.81. The van der Waals surface area contributed by atoms with E-state index in [0.717, 1.165) is 29.0 Å². The van der Waals surface area contributed by atoms with Crippen molar-refractivity contribution in [2.24, 2.45) is 0 Å². The summed E-state index contributed by atoms with van der Waals surface area (Å²) >= 11 is 1.38. The van der Waals surface area contributed by atoms with Gasteiger partial charge in [0.15, 0.2) is 5.13 Å². The van der Waals surface area contributed by atoms with Gasteiger partial charge in [-0.2, -0.15) is 0 Å². The molecule has 0 bridgehead atoms. The van der Waals surface area contributed by atoms with Crippen molar-refractivity contribution in [3.05, 3.63) is 59.0 Å². The van der Waals surface area contributed by atoms with Crippen LogP contribution in [0.1, 0.15) is 23.5 Å². The van der Waals surface area contributed by atoms with Crippen molar-refractivity contribution in [2.75, 3.05) is 17.2 Å². The number of hydrogen-bond donors (Lipinski definition) is 2. The van der Waals surface area contributed by atoms with E-state index in [2.05, 4.69) is 21.7 Å².